The monoisotopic (exact) mass is 203 g/mol. The second kappa shape index (κ2) is 3.76. The van der Waals surface area contributed by atoms with Crippen LogP contribution in [0.1, 0.15) is 12.8 Å². The van der Waals surface area contributed by atoms with Gasteiger partial charge in [0, 0.05) is 17.8 Å². The quantitative estimate of drug-likeness (QED) is 0.646. The highest BCUT2D eigenvalue weighted by molar-refractivity contribution is 6.17. The molecule has 0 saturated carbocycles. The van der Waals surface area contributed by atoms with Crippen LogP contribution in [-0.2, 0) is 4.74 Å². The van der Waals surface area contributed by atoms with Gasteiger partial charge in [0.15, 0.2) is 0 Å². The summed E-state index contributed by atoms with van der Waals surface area (Å²) < 4.78 is 5.36. The van der Waals surface area contributed by atoms with Crippen LogP contribution in [0, 0.1) is 11.3 Å². The maximum atomic E-state index is 5.84. The summed E-state index contributed by atoms with van der Waals surface area (Å²) in [6.45, 7) is 4.37. The molecule has 2 saturated heterocycles. The van der Waals surface area contributed by atoms with Gasteiger partial charge in [-0.05, 0) is 32.4 Å². The molecule has 2 aliphatic heterocycles. The topological polar surface area (TPSA) is 12.5 Å². The Balaban J connectivity index is 1.96. The smallest absolute Gasteiger partial charge is 0.0548 e. The Morgan fingerprint density at radius 3 is 2.69 bits per heavy atom. The summed E-state index contributed by atoms with van der Waals surface area (Å²) in [5.74, 6) is 1.61. The number of nitrogens with zero attached hydrogens (tertiary/aromatic N) is 1. The zero-order valence-electron chi connectivity index (χ0n) is 8.26. The lowest BCUT2D eigenvalue weighted by atomic mass is 9.71. The van der Waals surface area contributed by atoms with E-state index in [9.17, 15) is 0 Å². The van der Waals surface area contributed by atoms with Gasteiger partial charge in [0.1, 0.15) is 0 Å². The van der Waals surface area contributed by atoms with Crippen LogP contribution in [0.4, 0.5) is 0 Å². The first-order chi connectivity index (χ1) is 6.27. The zero-order valence-corrected chi connectivity index (χ0v) is 9.02. The molecule has 1 unspecified atom stereocenters. The molecular formula is C10H18ClNO. The Labute approximate surface area is 85.2 Å². The van der Waals surface area contributed by atoms with Crippen LogP contribution in [0.3, 0.4) is 0 Å². The first-order valence-electron chi connectivity index (χ1n) is 5.09. The Morgan fingerprint density at radius 2 is 2.31 bits per heavy atom. The molecule has 0 aliphatic carbocycles. The van der Waals surface area contributed by atoms with Crippen molar-refractivity contribution in [1.82, 2.24) is 4.90 Å². The molecule has 3 heteroatoms. The molecule has 2 heterocycles. The summed E-state index contributed by atoms with van der Waals surface area (Å²) in [5.41, 5.74) is 0.437. The van der Waals surface area contributed by atoms with Gasteiger partial charge in [-0.3, -0.25) is 0 Å². The van der Waals surface area contributed by atoms with E-state index < -0.39 is 0 Å². The van der Waals surface area contributed by atoms with Crippen molar-refractivity contribution in [3.63, 3.8) is 0 Å². The van der Waals surface area contributed by atoms with E-state index in [1.54, 1.807) is 0 Å². The lowest BCUT2D eigenvalue weighted by Gasteiger charge is -2.46. The van der Waals surface area contributed by atoms with Crippen LogP contribution in [-0.4, -0.2) is 44.1 Å². The molecule has 2 fully saturated rings. The number of hydrogen-bond donors (Lipinski definition) is 0. The van der Waals surface area contributed by atoms with Crippen LogP contribution < -0.4 is 0 Å². The largest absolute Gasteiger partial charge is 0.380 e. The predicted octanol–water partition coefficient (Wildman–Crippen LogP) is 1.58. The Kier molecular flexibility index (Phi) is 2.82. The molecule has 0 aromatic rings. The highest BCUT2D eigenvalue weighted by Gasteiger charge is 2.46. The fourth-order valence-electron chi connectivity index (χ4n) is 2.57. The number of alkyl halides is 1. The molecule has 0 aromatic heterocycles. The minimum Gasteiger partial charge on any atom is -0.380 e. The van der Waals surface area contributed by atoms with E-state index in [0.29, 0.717) is 5.41 Å². The van der Waals surface area contributed by atoms with Gasteiger partial charge in [0.05, 0.1) is 13.2 Å². The lowest BCUT2D eigenvalue weighted by Crippen LogP contribution is -2.49. The summed E-state index contributed by atoms with van der Waals surface area (Å²) in [6.07, 6.45) is 2.46. The summed E-state index contributed by atoms with van der Waals surface area (Å²) in [5, 5.41) is 0. The molecule has 13 heavy (non-hydrogen) atoms. The SMILES string of the molecule is CN1CCC(C2(CCCl)COC2)C1. The number of hydrogen-bond acceptors (Lipinski definition) is 2. The van der Waals surface area contributed by atoms with Gasteiger partial charge in [-0.1, -0.05) is 0 Å². The van der Waals surface area contributed by atoms with Crippen LogP contribution in [0.5, 0.6) is 0 Å². The van der Waals surface area contributed by atoms with Crippen LogP contribution >= 0.6 is 11.6 Å². The first kappa shape index (κ1) is 9.75. The van der Waals surface area contributed by atoms with E-state index in [2.05, 4.69) is 11.9 Å². The maximum Gasteiger partial charge on any atom is 0.0548 e. The van der Waals surface area contributed by atoms with Crippen molar-refractivity contribution in [3.8, 4) is 0 Å². The van der Waals surface area contributed by atoms with Gasteiger partial charge in [0.2, 0.25) is 0 Å². The molecule has 0 aromatic carbocycles. The molecule has 2 aliphatic rings. The third-order valence-electron chi connectivity index (χ3n) is 3.63. The van der Waals surface area contributed by atoms with E-state index >= 15 is 0 Å². The van der Waals surface area contributed by atoms with Crippen molar-refractivity contribution >= 4 is 11.6 Å². The van der Waals surface area contributed by atoms with Crippen molar-refractivity contribution < 1.29 is 4.74 Å². The molecule has 2 nitrogen and oxygen atoms in total. The minimum absolute atomic E-state index is 0.437. The summed E-state index contributed by atoms with van der Waals surface area (Å²) in [7, 11) is 2.20. The lowest BCUT2D eigenvalue weighted by molar-refractivity contribution is -0.144. The van der Waals surface area contributed by atoms with E-state index in [4.69, 9.17) is 16.3 Å². The average Bonchev–Trinajstić information content (AvgIpc) is 2.44. The average molecular weight is 204 g/mol. The molecule has 1 atom stereocenters. The third-order valence-corrected chi connectivity index (χ3v) is 3.82. The van der Waals surface area contributed by atoms with E-state index in [1.807, 2.05) is 0 Å². The van der Waals surface area contributed by atoms with Crippen molar-refractivity contribution in [2.75, 3.05) is 39.2 Å². The van der Waals surface area contributed by atoms with E-state index in [-0.39, 0.29) is 0 Å². The van der Waals surface area contributed by atoms with Gasteiger partial charge >= 0.3 is 0 Å². The molecule has 0 N–H and O–H groups in total. The summed E-state index contributed by atoms with van der Waals surface area (Å²) in [4.78, 5) is 2.42. The normalized spacial score (nSPS) is 33.2. The molecule has 2 rings (SSSR count). The first-order valence-corrected chi connectivity index (χ1v) is 5.62. The van der Waals surface area contributed by atoms with Crippen LogP contribution in [0.25, 0.3) is 0 Å². The van der Waals surface area contributed by atoms with Gasteiger partial charge in [-0.15, -0.1) is 11.6 Å². The van der Waals surface area contributed by atoms with Crippen molar-refractivity contribution in [2.24, 2.45) is 11.3 Å². The molecule has 0 bridgehead atoms. The zero-order chi connectivity index (χ0) is 9.31. The minimum atomic E-state index is 0.437. The molecule has 0 radical (unpaired) electrons. The fourth-order valence-corrected chi connectivity index (χ4v) is 2.95. The van der Waals surface area contributed by atoms with Crippen molar-refractivity contribution in [2.45, 2.75) is 12.8 Å². The second-order valence-electron chi connectivity index (χ2n) is 4.54. The summed E-state index contributed by atoms with van der Waals surface area (Å²) in [6, 6.07) is 0. The van der Waals surface area contributed by atoms with Gasteiger partial charge < -0.3 is 9.64 Å². The Bertz CT molecular complexity index is 182. The third kappa shape index (κ3) is 1.72. The molecule has 0 spiro atoms. The summed E-state index contributed by atoms with van der Waals surface area (Å²) >= 11 is 5.84. The number of ether oxygens (including phenoxy) is 1. The maximum absolute atomic E-state index is 5.84. The van der Waals surface area contributed by atoms with Crippen molar-refractivity contribution in [3.05, 3.63) is 0 Å². The predicted molar refractivity (Wildman–Crippen MR) is 54.2 cm³/mol. The second-order valence-corrected chi connectivity index (χ2v) is 4.92. The standard InChI is InChI=1S/C10H18ClNO/c1-12-5-2-9(6-12)10(3-4-11)7-13-8-10/h9H,2-8H2,1H3. The highest BCUT2D eigenvalue weighted by Crippen LogP contribution is 2.43. The Morgan fingerprint density at radius 1 is 1.54 bits per heavy atom. The van der Waals surface area contributed by atoms with E-state index in [0.717, 1.165) is 31.4 Å². The van der Waals surface area contributed by atoms with Gasteiger partial charge in [-0.25, -0.2) is 0 Å². The van der Waals surface area contributed by atoms with Gasteiger partial charge in [-0.2, -0.15) is 0 Å². The van der Waals surface area contributed by atoms with Crippen LogP contribution in [0.2, 0.25) is 0 Å². The number of rotatable bonds is 3. The Hall–Kier alpha value is 0.210. The van der Waals surface area contributed by atoms with Crippen molar-refractivity contribution in [1.29, 1.82) is 0 Å². The van der Waals surface area contributed by atoms with Crippen LogP contribution in [0.15, 0.2) is 0 Å². The molecule has 76 valence electrons. The van der Waals surface area contributed by atoms with Gasteiger partial charge in [0.25, 0.3) is 0 Å². The fraction of sp³-hybridized carbons (Fsp3) is 1.00. The molecule has 0 amide bonds. The van der Waals surface area contributed by atoms with E-state index in [1.165, 1.54) is 19.5 Å². The number of halogens is 1. The number of likely N-dealkylation sites (tertiary alicyclic amines) is 1. The highest BCUT2D eigenvalue weighted by atomic mass is 35.5. The molecular weight excluding hydrogens is 186 g/mol.